The van der Waals surface area contributed by atoms with E-state index in [1.165, 1.54) is 5.56 Å². The van der Waals surface area contributed by atoms with Crippen LogP contribution in [0.15, 0.2) is 18.2 Å². The van der Waals surface area contributed by atoms with E-state index in [9.17, 15) is 0 Å². The van der Waals surface area contributed by atoms with Crippen molar-refractivity contribution in [3.8, 4) is 12.3 Å². The minimum atomic E-state index is 0.383. The highest BCUT2D eigenvalue weighted by molar-refractivity contribution is 6.42. The summed E-state index contributed by atoms with van der Waals surface area (Å²) in [4.78, 5) is 2.13. The lowest BCUT2D eigenvalue weighted by Gasteiger charge is -2.22. The maximum atomic E-state index is 5.96. The average molecular weight is 256 g/mol. The van der Waals surface area contributed by atoms with Crippen LogP contribution in [0.25, 0.3) is 0 Å². The summed E-state index contributed by atoms with van der Waals surface area (Å²) in [6.45, 7) is 2.79. The predicted molar refractivity (Wildman–Crippen MR) is 71.1 cm³/mol. The second-order valence-corrected chi connectivity index (χ2v) is 4.74. The molecule has 0 amide bonds. The third-order valence-corrected chi connectivity index (χ3v) is 3.35. The van der Waals surface area contributed by atoms with E-state index in [2.05, 4.69) is 17.7 Å². The molecule has 0 heterocycles. The highest BCUT2D eigenvalue weighted by Gasteiger charge is 2.09. The number of hydrogen-bond acceptors (Lipinski definition) is 1. The molecule has 0 aliphatic rings. The van der Waals surface area contributed by atoms with Crippen molar-refractivity contribution < 1.29 is 0 Å². The van der Waals surface area contributed by atoms with E-state index in [4.69, 9.17) is 29.6 Å². The molecule has 86 valence electrons. The molecule has 1 unspecified atom stereocenters. The molecular formula is C13H15Cl2N. The minimum Gasteiger partial charge on any atom is -0.292 e. The Morgan fingerprint density at radius 1 is 1.38 bits per heavy atom. The molecule has 0 spiro atoms. The van der Waals surface area contributed by atoms with Gasteiger partial charge in [-0.05, 0) is 38.1 Å². The van der Waals surface area contributed by atoms with Crippen LogP contribution in [0.3, 0.4) is 0 Å². The third kappa shape index (κ3) is 3.72. The summed E-state index contributed by atoms with van der Waals surface area (Å²) >= 11 is 11.8. The van der Waals surface area contributed by atoms with Crippen molar-refractivity contribution in [2.75, 3.05) is 13.6 Å². The molecule has 0 aliphatic heterocycles. The van der Waals surface area contributed by atoms with E-state index in [-0.39, 0.29) is 0 Å². The van der Waals surface area contributed by atoms with E-state index >= 15 is 0 Å². The van der Waals surface area contributed by atoms with Gasteiger partial charge in [0.25, 0.3) is 0 Å². The summed E-state index contributed by atoms with van der Waals surface area (Å²) < 4.78 is 0. The van der Waals surface area contributed by atoms with Crippen LogP contribution in [-0.2, 0) is 6.42 Å². The fraction of sp³-hybridized carbons (Fsp3) is 0.385. The molecule has 0 aliphatic carbocycles. The first-order valence-electron chi connectivity index (χ1n) is 5.12. The summed E-state index contributed by atoms with van der Waals surface area (Å²) in [6.07, 6.45) is 6.19. The Hall–Kier alpha value is -0.680. The summed E-state index contributed by atoms with van der Waals surface area (Å²) in [5.41, 5.74) is 1.17. The molecule has 1 atom stereocenters. The number of benzene rings is 1. The highest BCUT2D eigenvalue weighted by Crippen LogP contribution is 2.23. The number of likely N-dealkylation sites (N-methyl/N-ethyl adjacent to an activating group) is 1. The lowest BCUT2D eigenvalue weighted by molar-refractivity contribution is 0.287. The number of hydrogen-bond donors (Lipinski definition) is 0. The Morgan fingerprint density at radius 2 is 2.06 bits per heavy atom. The Morgan fingerprint density at radius 3 is 2.62 bits per heavy atom. The van der Waals surface area contributed by atoms with Crippen molar-refractivity contribution in [1.29, 1.82) is 0 Å². The molecule has 1 nitrogen and oxygen atoms in total. The predicted octanol–water partition coefficient (Wildman–Crippen LogP) is 3.49. The first-order valence-corrected chi connectivity index (χ1v) is 5.87. The van der Waals surface area contributed by atoms with Crippen LogP contribution in [-0.4, -0.2) is 24.5 Å². The first-order chi connectivity index (χ1) is 7.54. The molecule has 0 aromatic heterocycles. The molecule has 0 saturated carbocycles. The van der Waals surface area contributed by atoms with E-state index in [1.807, 2.05) is 25.2 Å². The van der Waals surface area contributed by atoms with Gasteiger partial charge in [0, 0.05) is 6.04 Å². The van der Waals surface area contributed by atoms with Crippen molar-refractivity contribution in [3.05, 3.63) is 33.8 Å². The van der Waals surface area contributed by atoms with Gasteiger partial charge < -0.3 is 0 Å². The second-order valence-electron chi connectivity index (χ2n) is 3.92. The average Bonchev–Trinajstić information content (AvgIpc) is 2.24. The molecule has 0 bridgehead atoms. The molecule has 1 aromatic carbocycles. The summed E-state index contributed by atoms with van der Waals surface area (Å²) in [7, 11) is 2.02. The van der Waals surface area contributed by atoms with Crippen LogP contribution in [0.1, 0.15) is 12.5 Å². The third-order valence-electron chi connectivity index (χ3n) is 2.61. The van der Waals surface area contributed by atoms with Crippen LogP contribution in [0.5, 0.6) is 0 Å². The van der Waals surface area contributed by atoms with Crippen molar-refractivity contribution in [2.24, 2.45) is 0 Å². The van der Waals surface area contributed by atoms with Gasteiger partial charge in [-0.15, -0.1) is 6.42 Å². The largest absolute Gasteiger partial charge is 0.292 e. The molecule has 0 fully saturated rings. The summed E-state index contributed by atoms with van der Waals surface area (Å²) in [5.74, 6) is 2.63. The fourth-order valence-electron chi connectivity index (χ4n) is 1.46. The zero-order valence-corrected chi connectivity index (χ0v) is 11.0. The number of halogens is 2. The van der Waals surface area contributed by atoms with Crippen LogP contribution < -0.4 is 0 Å². The molecule has 3 heteroatoms. The number of rotatable bonds is 4. The monoisotopic (exact) mass is 255 g/mol. The lowest BCUT2D eigenvalue weighted by atomic mass is 10.1. The molecule has 1 aromatic rings. The SMILES string of the molecule is C#CCN(C)C(C)Cc1ccc(Cl)c(Cl)c1. The molecule has 0 saturated heterocycles. The first kappa shape index (κ1) is 13.4. The van der Waals surface area contributed by atoms with Crippen LogP contribution in [0.4, 0.5) is 0 Å². The molecular weight excluding hydrogens is 241 g/mol. The van der Waals surface area contributed by atoms with Gasteiger partial charge in [-0.2, -0.15) is 0 Å². The number of terminal acetylenes is 1. The van der Waals surface area contributed by atoms with Crippen LogP contribution in [0.2, 0.25) is 10.0 Å². The smallest absolute Gasteiger partial charge is 0.0598 e. The van der Waals surface area contributed by atoms with Crippen LogP contribution in [0, 0.1) is 12.3 Å². The van der Waals surface area contributed by atoms with Crippen molar-refractivity contribution in [3.63, 3.8) is 0 Å². The lowest BCUT2D eigenvalue weighted by Crippen LogP contribution is -2.31. The summed E-state index contributed by atoms with van der Waals surface area (Å²) in [5, 5.41) is 1.20. The quantitative estimate of drug-likeness (QED) is 0.745. The van der Waals surface area contributed by atoms with Crippen molar-refractivity contribution in [2.45, 2.75) is 19.4 Å². The van der Waals surface area contributed by atoms with Gasteiger partial charge in [-0.3, -0.25) is 4.90 Å². The fourth-order valence-corrected chi connectivity index (χ4v) is 1.78. The maximum Gasteiger partial charge on any atom is 0.0598 e. The van der Waals surface area contributed by atoms with Gasteiger partial charge in [-0.1, -0.05) is 35.2 Å². The van der Waals surface area contributed by atoms with Gasteiger partial charge >= 0.3 is 0 Å². The second kappa shape index (κ2) is 6.15. The van der Waals surface area contributed by atoms with Gasteiger partial charge in [0.2, 0.25) is 0 Å². The Labute approximate surface area is 107 Å². The zero-order chi connectivity index (χ0) is 12.1. The zero-order valence-electron chi connectivity index (χ0n) is 9.50. The Kier molecular flexibility index (Phi) is 5.15. The Balaban J connectivity index is 2.66. The van der Waals surface area contributed by atoms with E-state index < -0.39 is 0 Å². The van der Waals surface area contributed by atoms with Gasteiger partial charge in [0.15, 0.2) is 0 Å². The number of nitrogens with zero attached hydrogens (tertiary/aromatic N) is 1. The van der Waals surface area contributed by atoms with Crippen molar-refractivity contribution in [1.82, 2.24) is 4.90 Å². The van der Waals surface area contributed by atoms with E-state index in [0.717, 1.165) is 6.42 Å². The standard InChI is InChI=1S/C13H15Cl2N/c1-4-7-16(3)10(2)8-11-5-6-12(14)13(15)9-11/h1,5-6,9-10H,7-8H2,2-3H3. The topological polar surface area (TPSA) is 3.24 Å². The van der Waals surface area contributed by atoms with Crippen LogP contribution >= 0.6 is 23.2 Å². The normalized spacial score (nSPS) is 12.5. The van der Waals surface area contributed by atoms with Crippen molar-refractivity contribution >= 4 is 23.2 Å². The Bertz CT molecular complexity index is 395. The summed E-state index contributed by atoms with van der Waals surface area (Å²) in [6, 6.07) is 6.11. The minimum absolute atomic E-state index is 0.383. The highest BCUT2D eigenvalue weighted by atomic mass is 35.5. The molecule has 0 N–H and O–H groups in total. The van der Waals surface area contributed by atoms with E-state index in [1.54, 1.807) is 0 Å². The van der Waals surface area contributed by atoms with Gasteiger partial charge in [-0.25, -0.2) is 0 Å². The maximum absolute atomic E-state index is 5.96. The van der Waals surface area contributed by atoms with Gasteiger partial charge in [0.1, 0.15) is 0 Å². The molecule has 16 heavy (non-hydrogen) atoms. The molecule has 0 radical (unpaired) electrons. The van der Waals surface area contributed by atoms with E-state index in [0.29, 0.717) is 22.6 Å². The van der Waals surface area contributed by atoms with Gasteiger partial charge in [0.05, 0.1) is 16.6 Å². The molecule has 1 rings (SSSR count).